The molecule has 1 aliphatic rings. The Morgan fingerprint density at radius 3 is 2.61 bits per heavy atom. The van der Waals surface area contributed by atoms with Crippen LogP contribution in [0.5, 0.6) is 0 Å². The molecule has 2 heterocycles. The minimum Gasteiger partial charge on any atom is -0.339 e. The molecule has 2 amide bonds. The number of nitrogens with zero attached hydrogens (tertiary/aromatic N) is 4. The number of benzene rings is 1. The van der Waals surface area contributed by atoms with E-state index in [0.29, 0.717) is 6.54 Å². The lowest BCUT2D eigenvalue weighted by atomic mass is 9.84. The molecule has 1 aliphatic heterocycles. The van der Waals surface area contributed by atoms with E-state index in [1.807, 2.05) is 13.1 Å². The molecule has 0 radical (unpaired) electrons. The van der Waals surface area contributed by atoms with Crippen molar-refractivity contribution in [2.75, 3.05) is 31.6 Å². The largest absolute Gasteiger partial charge is 0.339 e. The van der Waals surface area contributed by atoms with Crippen molar-refractivity contribution >= 4 is 12.0 Å². The number of piperidine rings is 1. The van der Waals surface area contributed by atoms with Gasteiger partial charge in [-0.05, 0) is 31.4 Å². The van der Waals surface area contributed by atoms with Crippen molar-refractivity contribution in [1.29, 1.82) is 0 Å². The number of hydrogen-bond acceptors (Lipinski definition) is 4. The first kappa shape index (κ1) is 20.1. The van der Waals surface area contributed by atoms with Crippen LogP contribution in [0.15, 0.2) is 42.7 Å². The summed E-state index contributed by atoms with van der Waals surface area (Å²) in [6, 6.07) is 10.5. The van der Waals surface area contributed by atoms with E-state index in [0.717, 1.165) is 31.9 Å². The maximum absolute atomic E-state index is 12.8. The molecule has 1 fully saturated rings. The molecule has 3 rings (SSSR count). The average Bonchev–Trinajstić information content (AvgIpc) is 2.69. The van der Waals surface area contributed by atoms with E-state index in [-0.39, 0.29) is 17.5 Å². The molecular weight excluding hydrogens is 350 g/mol. The first-order valence-electron chi connectivity index (χ1n) is 9.96. The Morgan fingerprint density at radius 1 is 1.25 bits per heavy atom. The van der Waals surface area contributed by atoms with E-state index in [4.69, 9.17) is 0 Å². The summed E-state index contributed by atoms with van der Waals surface area (Å²) in [5.74, 6) is 0.732. The summed E-state index contributed by atoms with van der Waals surface area (Å²) >= 11 is 0. The minimum atomic E-state index is -0.115. The van der Waals surface area contributed by atoms with Crippen molar-refractivity contribution in [2.24, 2.45) is 0 Å². The molecule has 0 saturated carbocycles. The van der Waals surface area contributed by atoms with Crippen LogP contribution in [0.2, 0.25) is 0 Å². The summed E-state index contributed by atoms with van der Waals surface area (Å²) in [6.45, 7) is 8.76. The minimum absolute atomic E-state index is 0.0268. The molecule has 0 aliphatic carbocycles. The molecule has 0 spiro atoms. The van der Waals surface area contributed by atoms with Gasteiger partial charge in [0.1, 0.15) is 0 Å². The van der Waals surface area contributed by atoms with Gasteiger partial charge in [-0.2, -0.15) is 0 Å². The van der Waals surface area contributed by atoms with E-state index >= 15 is 0 Å². The SMILES string of the molecule is Cc1ccc(C(C)(C)CN(C)C(=O)NC2CCCN(c3ncccn3)C2)cc1. The van der Waals surface area contributed by atoms with Gasteiger partial charge in [0.25, 0.3) is 0 Å². The number of aryl methyl sites for hydroxylation is 1. The number of amides is 2. The molecule has 1 N–H and O–H groups in total. The molecule has 6 nitrogen and oxygen atoms in total. The average molecular weight is 382 g/mol. The van der Waals surface area contributed by atoms with Crippen LogP contribution in [0.1, 0.15) is 37.8 Å². The molecule has 6 heteroatoms. The van der Waals surface area contributed by atoms with Gasteiger partial charge in [-0.25, -0.2) is 14.8 Å². The third-order valence-electron chi connectivity index (χ3n) is 5.40. The number of hydrogen-bond donors (Lipinski definition) is 1. The quantitative estimate of drug-likeness (QED) is 0.863. The van der Waals surface area contributed by atoms with Crippen molar-refractivity contribution in [3.63, 3.8) is 0 Å². The van der Waals surface area contributed by atoms with E-state index < -0.39 is 0 Å². The Balaban J connectivity index is 1.57. The van der Waals surface area contributed by atoms with Crippen LogP contribution in [0.25, 0.3) is 0 Å². The lowest BCUT2D eigenvalue weighted by Crippen LogP contribution is -2.52. The molecule has 1 unspecified atom stereocenters. The van der Waals surface area contributed by atoms with Gasteiger partial charge in [-0.1, -0.05) is 43.7 Å². The number of carbonyl (C=O) groups excluding carboxylic acids is 1. The number of aromatic nitrogens is 2. The van der Waals surface area contributed by atoms with Crippen LogP contribution in [-0.2, 0) is 5.41 Å². The topological polar surface area (TPSA) is 61.4 Å². The van der Waals surface area contributed by atoms with Crippen LogP contribution in [0.3, 0.4) is 0 Å². The van der Waals surface area contributed by atoms with E-state index in [2.05, 4.69) is 65.2 Å². The summed E-state index contributed by atoms with van der Waals surface area (Å²) in [4.78, 5) is 25.4. The standard InChI is InChI=1S/C22H31N5O/c1-17-8-10-18(11-9-17)22(2,3)16-26(4)21(28)25-19-7-5-14-27(15-19)20-23-12-6-13-24-20/h6,8-13,19H,5,7,14-16H2,1-4H3,(H,25,28). The van der Waals surface area contributed by atoms with Crippen LogP contribution in [0, 0.1) is 6.92 Å². The summed E-state index contributed by atoms with van der Waals surface area (Å²) in [5.41, 5.74) is 2.37. The van der Waals surface area contributed by atoms with Gasteiger partial charge >= 0.3 is 6.03 Å². The number of anilines is 1. The summed E-state index contributed by atoms with van der Waals surface area (Å²) in [7, 11) is 1.87. The number of carbonyl (C=O) groups is 1. The van der Waals surface area contributed by atoms with Gasteiger partial charge in [0.05, 0.1) is 0 Å². The Hall–Kier alpha value is -2.63. The molecule has 0 bridgehead atoms. The Bertz CT molecular complexity index is 775. The molecule has 150 valence electrons. The van der Waals surface area contributed by atoms with Gasteiger partial charge < -0.3 is 15.1 Å². The second-order valence-corrected chi connectivity index (χ2v) is 8.39. The molecule has 1 atom stereocenters. The molecule has 28 heavy (non-hydrogen) atoms. The van der Waals surface area contributed by atoms with Gasteiger partial charge in [0, 0.05) is 50.5 Å². The fourth-order valence-electron chi connectivity index (χ4n) is 3.78. The summed E-state index contributed by atoms with van der Waals surface area (Å²) in [5, 5.41) is 3.19. The van der Waals surface area contributed by atoms with Gasteiger partial charge in [0.2, 0.25) is 5.95 Å². The molecule has 1 aromatic carbocycles. The van der Waals surface area contributed by atoms with E-state index in [9.17, 15) is 4.79 Å². The van der Waals surface area contributed by atoms with E-state index in [1.165, 1.54) is 11.1 Å². The van der Waals surface area contributed by atoms with Gasteiger partial charge in [-0.3, -0.25) is 0 Å². The zero-order chi connectivity index (χ0) is 20.1. The monoisotopic (exact) mass is 381 g/mol. The summed E-state index contributed by atoms with van der Waals surface area (Å²) < 4.78 is 0. The second kappa shape index (κ2) is 8.59. The van der Waals surface area contributed by atoms with Crippen LogP contribution in [-0.4, -0.2) is 53.6 Å². The third kappa shape index (κ3) is 5.00. The number of nitrogens with one attached hydrogen (secondary N) is 1. The zero-order valence-electron chi connectivity index (χ0n) is 17.4. The maximum atomic E-state index is 12.8. The highest BCUT2D eigenvalue weighted by atomic mass is 16.2. The lowest BCUT2D eigenvalue weighted by molar-refractivity contribution is 0.193. The normalized spacial score (nSPS) is 17.3. The molecular formula is C22H31N5O. The second-order valence-electron chi connectivity index (χ2n) is 8.39. The van der Waals surface area contributed by atoms with Crippen LogP contribution in [0.4, 0.5) is 10.7 Å². The molecule has 1 aromatic heterocycles. The van der Waals surface area contributed by atoms with E-state index in [1.54, 1.807) is 17.3 Å². The van der Waals surface area contributed by atoms with Crippen LogP contribution >= 0.6 is 0 Å². The number of urea groups is 1. The molecule has 2 aromatic rings. The van der Waals surface area contributed by atoms with Crippen molar-refractivity contribution < 1.29 is 4.79 Å². The number of likely N-dealkylation sites (N-methyl/N-ethyl adjacent to an activating group) is 1. The van der Waals surface area contributed by atoms with Crippen molar-refractivity contribution in [3.05, 3.63) is 53.9 Å². The van der Waals surface area contributed by atoms with Crippen molar-refractivity contribution in [1.82, 2.24) is 20.2 Å². The first-order valence-corrected chi connectivity index (χ1v) is 9.96. The Labute approximate surface area is 168 Å². The van der Waals surface area contributed by atoms with Crippen molar-refractivity contribution in [2.45, 2.75) is 45.1 Å². The Kier molecular flexibility index (Phi) is 6.17. The van der Waals surface area contributed by atoms with Gasteiger partial charge in [-0.15, -0.1) is 0 Å². The smallest absolute Gasteiger partial charge is 0.317 e. The highest BCUT2D eigenvalue weighted by Crippen LogP contribution is 2.24. The predicted octanol–water partition coefficient (Wildman–Crippen LogP) is 3.37. The third-order valence-corrected chi connectivity index (χ3v) is 5.40. The predicted molar refractivity (Wildman–Crippen MR) is 113 cm³/mol. The van der Waals surface area contributed by atoms with Crippen molar-refractivity contribution in [3.8, 4) is 0 Å². The first-order chi connectivity index (χ1) is 13.3. The molecule has 1 saturated heterocycles. The fourth-order valence-corrected chi connectivity index (χ4v) is 3.78. The summed E-state index contributed by atoms with van der Waals surface area (Å²) in [6.07, 6.45) is 5.50. The van der Waals surface area contributed by atoms with Crippen LogP contribution < -0.4 is 10.2 Å². The fraction of sp³-hybridized carbons (Fsp3) is 0.500. The van der Waals surface area contributed by atoms with Gasteiger partial charge in [0.15, 0.2) is 0 Å². The number of rotatable bonds is 5. The Morgan fingerprint density at radius 2 is 1.93 bits per heavy atom. The maximum Gasteiger partial charge on any atom is 0.317 e. The highest BCUT2D eigenvalue weighted by molar-refractivity contribution is 5.74. The lowest BCUT2D eigenvalue weighted by Gasteiger charge is -2.35. The zero-order valence-corrected chi connectivity index (χ0v) is 17.4. The highest BCUT2D eigenvalue weighted by Gasteiger charge is 2.27.